The summed E-state index contributed by atoms with van der Waals surface area (Å²) in [6.45, 7) is 0. The summed E-state index contributed by atoms with van der Waals surface area (Å²) in [5.41, 5.74) is 1.12. The highest BCUT2D eigenvalue weighted by atomic mass is 32.1. The van der Waals surface area contributed by atoms with Crippen LogP contribution in [-0.4, -0.2) is 22.2 Å². The van der Waals surface area contributed by atoms with Gasteiger partial charge in [0, 0.05) is 22.6 Å². The van der Waals surface area contributed by atoms with Crippen LogP contribution in [-0.2, 0) is 11.2 Å². The van der Waals surface area contributed by atoms with E-state index >= 15 is 0 Å². The molecular weight excluding hydrogens is 389 g/mol. The van der Waals surface area contributed by atoms with Gasteiger partial charge >= 0.3 is 6.36 Å². The number of carbonyl (C=O) groups excluding carboxylic acids is 1. The van der Waals surface area contributed by atoms with Gasteiger partial charge in [-0.2, -0.15) is 0 Å². The Bertz CT molecular complexity index is 864. The molecule has 26 heavy (non-hydrogen) atoms. The molecule has 0 saturated carbocycles. The monoisotopic (exact) mass is 400 g/mol. The number of halogens is 3. The van der Waals surface area contributed by atoms with Gasteiger partial charge in [0.05, 0.1) is 12.1 Å². The van der Waals surface area contributed by atoms with Crippen molar-refractivity contribution >= 4 is 44.5 Å². The van der Waals surface area contributed by atoms with E-state index < -0.39 is 6.36 Å². The Labute approximate surface area is 153 Å². The molecule has 11 heteroatoms. The van der Waals surface area contributed by atoms with Gasteiger partial charge in [0.1, 0.15) is 5.75 Å². The minimum atomic E-state index is -4.72. The van der Waals surface area contributed by atoms with Crippen LogP contribution in [0.25, 0.3) is 0 Å². The molecule has 0 radical (unpaired) electrons. The number of thiazole rings is 2. The number of ether oxygens (including phenoxy) is 1. The lowest BCUT2D eigenvalue weighted by atomic mass is 10.3. The van der Waals surface area contributed by atoms with E-state index in [1.807, 2.05) is 0 Å². The number of rotatable bonds is 6. The Balaban J connectivity index is 1.55. The van der Waals surface area contributed by atoms with Crippen molar-refractivity contribution in [3.63, 3.8) is 0 Å². The number of hydrogen-bond donors (Lipinski definition) is 2. The van der Waals surface area contributed by atoms with Crippen LogP contribution < -0.4 is 15.4 Å². The van der Waals surface area contributed by atoms with Gasteiger partial charge in [0.15, 0.2) is 10.3 Å². The van der Waals surface area contributed by atoms with Gasteiger partial charge in [0.25, 0.3) is 0 Å². The minimum absolute atomic E-state index is 0.0934. The summed E-state index contributed by atoms with van der Waals surface area (Å²) in [5, 5.41) is 10.1. The molecule has 0 aliphatic rings. The van der Waals surface area contributed by atoms with E-state index in [9.17, 15) is 18.0 Å². The van der Waals surface area contributed by atoms with Crippen molar-refractivity contribution in [3.8, 4) is 5.75 Å². The first-order valence-electron chi connectivity index (χ1n) is 7.14. The Kier molecular flexibility index (Phi) is 5.38. The van der Waals surface area contributed by atoms with Crippen molar-refractivity contribution in [2.45, 2.75) is 12.8 Å². The number of benzene rings is 1. The van der Waals surface area contributed by atoms with E-state index in [4.69, 9.17) is 0 Å². The number of nitrogens with zero attached hydrogens (tertiary/aromatic N) is 2. The first-order chi connectivity index (χ1) is 12.4. The Morgan fingerprint density at radius 3 is 2.58 bits per heavy atom. The molecule has 3 aromatic rings. The lowest BCUT2D eigenvalue weighted by Gasteiger charge is -2.09. The number of anilines is 3. The maximum atomic E-state index is 12.1. The lowest BCUT2D eigenvalue weighted by molar-refractivity contribution is -0.274. The number of hydrogen-bond acceptors (Lipinski definition) is 7. The molecule has 0 atom stereocenters. The third-order valence-electron chi connectivity index (χ3n) is 2.91. The Hall–Kier alpha value is -2.66. The zero-order chi connectivity index (χ0) is 18.6. The summed E-state index contributed by atoms with van der Waals surface area (Å²) < 4.78 is 40.2. The molecule has 2 heterocycles. The zero-order valence-corrected chi connectivity index (χ0v) is 14.5. The molecule has 2 N–H and O–H groups in total. The molecule has 0 spiro atoms. The van der Waals surface area contributed by atoms with E-state index in [0.29, 0.717) is 21.6 Å². The second kappa shape index (κ2) is 7.70. The van der Waals surface area contributed by atoms with Gasteiger partial charge in [-0.3, -0.25) is 4.79 Å². The van der Waals surface area contributed by atoms with Crippen LogP contribution in [0.3, 0.4) is 0 Å². The predicted molar refractivity (Wildman–Crippen MR) is 93.0 cm³/mol. The van der Waals surface area contributed by atoms with Crippen LogP contribution in [0.4, 0.5) is 29.1 Å². The number of alkyl halides is 3. The molecule has 0 saturated heterocycles. The fraction of sp³-hybridized carbons (Fsp3) is 0.133. The van der Waals surface area contributed by atoms with E-state index in [0.717, 1.165) is 0 Å². The fourth-order valence-corrected chi connectivity index (χ4v) is 3.20. The molecular formula is C15H11F3N4O2S2. The van der Waals surface area contributed by atoms with Crippen LogP contribution in [0.15, 0.2) is 41.2 Å². The molecule has 1 aromatic carbocycles. The second-order valence-electron chi connectivity index (χ2n) is 4.90. The largest absolute Gasteiger partial charge is 0.573 e. The molecule has 0 fully saturated rings. The maximum absolute atomic E-state index is 12.1. The van der Waals surface area contributed by atoms with E-state index in [2.05, 4.69) is 25.3 Å². The zero-order valence-electron chi connectivity index (χ0n) is 12.9. The van der Waals surface area contributed by atoms with Crippen LogP contribution in [0.1, 0.15) is 5.69 Å². The van der Waals surface area contributed by atoms with Crippen LogP contribution in [0.5, 0.6) is 5.75 Å². The van der Waals surface area contributed by atoms with Crippen molar-refractivity contribution in [2.75, 3.05) is 10.6 Å². The molecule has 6 nitrogen and oxygen atoms in total. The standard InChI is InChI=1S/C15H11F3N4O2S2/c16-15(17,18)24-11-3-1-9(2-4-11)20-14-21-10(8-26-14)7-12(23)22-13-19-5-6-25-13/h1-6,8H,7H2,(H,20,21)(H,19,22,23). The third-order valence-corrected chi connectivity index (χ3v) is 4.41. The third kappa shape index (κ3) is 5.43. The number of aromatic nitrogens is 2. The van der Waals surface area contributed by atoms with Gasteiger partial charge in [-0.05, 0) is 24.3 Å². The summed E-state index contributed by atoms with van der Waals surface area (Å²) >= 11 is 2.60. The molecule has 0 unspecified atom stereocenters. The molecule has 136 valence electrons. The van der Waals surface area contributed by atoms with Crippen molar-refractivity contribution in [1.29, 1.82) is 0 Å². The second-order valence-corrected chi connectivity index (χ2v) is 6.66. The van der Waals surface area contributed by atoms with Crippen molar-refractivity contribution in [3.05, 3.63) is 46.9 Å². The summed E-state index contributed by atoms with van der Waals surface area (Å²) in [4.78, 5) is 20.1. The predicted octanol–water partition coefficient (Wildman–Crippen LogP) is 4.42. The first kappa shape index (κ1) is 18.1. The number of nitrogens with one attached hydrogen (secondary N) is 2. The van der Waals surface area contributed by atoms with Crippen LogP contribution in [0, 0.1) is 0 Å². The van der Waals surface area contributed by atoms with Crippen molar-refractivity contribution in [2.24, 2.45) is 0 Å². The van der Waals surface area contributed by atoms with Crippen molar-refractivity contribution in [1.82, 2.24) is 9.97 Å². The molecule has 3 rings (SSSR count). The number of carbonyl (C=O) groups is 1. The lowest BCUT2D eigenvalue weighted by Crippen LogP contribution is -2.16. The van der Waals surface area contributed by atoms with Gasteiger partial charge in [-0.1, -0.05) is 0 Å². The van der Waals surface area contributed by atoms with Crippen molar-refractivity contribution < 1.29 is 22.7 Å². The summed E-state index contributed by atoms with van der Waals surface area (Å²) in [7, 11) is 0. The summed E-state index contributed by atoms with van der Waals surface area (Å²) in [6.07, 6.45) is -3.04. The summed E-state index contributed by atoms with van der Waals surface area (Å²) in [5.74, 6) is -0.535. The molecule has 2 aromatic heterocycles. The van der Waals surface area contributed by atoms with Gasteiger partial charge in [0.2, 0.25) is 5.91 Å². The normalized spacial score (nSPS) is 11.2. The molecule has 1 amide bonds. The average Bonchev–Trinajstić information content (AvgIpc) is 3.20. The highest BCUT2D eigenvalue weighted by molar-refractivity contribution is 7.14. The van der Waals surface area contributed by atoms with Gasteiger partial charge < -0.3 is 15.4 Å². The van der Waals surface area contributed by atoms with E-state index in [-0.39, 0.29) is 18.1 Å². The first-order valence-corrected chi connectivity index (χ1v) is 8.90. The topological polar surface area (TPSA) is 76.1 Å². The number of amides is 1. The van der Waals surface area contributed by atoms with E-state index in [1.54, 1.807) is 17.0 Å². The summed E-state index contributed by atoms with van der Waals surface area (Å²) in [6, 6.07) is 5.28. The minimum Gasteiger partial charge on any atom is -0.406 e. The smallest absolute Gasteiger partial charge is 0.406 e. The maximum Gasteiger partial charge on any atom is 0.573 e. The van der Waals surface area contributed by atoms with Gasteiger partial charge in [-0.15, -0.1) is 35.8 Å². The van der Waals surface area contributed by atoms with Crippen LogP contribution >= 0.6 is 22.7 Å². The van der Waals surface area contributed by atoms with Crippen LogP contribution in [0.2, 0.25) is 0 Å². The highest BCUT2D eigenvalue weighted by Crippen LogP contribution is 2.26. The average molecular weight is 400 g/mol. The Morgan fingerprint density at radius 2 is 1.92 bits per heavy atom. The Morgan fingerprint density at radius 1 is 1.15 bits per heavy atom. The SMILES string of the molecule is O=C(Cc1csc(Nc2ccc(OC(F)(F)F)cc2)n1)Nc1nccs1. The van der Waals surface area contributed by atoms with E-state index in [1.165, 1.54) is 46.9 Å². The molecule has 0 aliphatic heterocycles. The fourth-order valence-electron chi connectivity index (χ4n) is 1.92. The van der Waals surface area contributed by atoms with Gasteiger partial charge in [-0.25, -0.2) is 9.97 Å². The quantitative estimate of drug-likeness (QED) is 0.641. The highest BCUT2D eigenvalue weighted by Gasteiger charge is 2.30. The molecule has 0 aliphatic carbocycles. The molecule has 0 bridgehead atoms.